The van der Waals surface area contributed by atoms with Crippen LogP contribution in [-0.4, -0.2) is 15.7 Å². The monoisotopic (exact) mass is 336 g/mol. The summed E-state index contributed by atoms with van der Waals surface area (Å²) >= 11 is 9.82. The molecule has 0 aliphatic carbocycles. The number of benzene rings is 1. The maximum atomic E-state index is 13.8. The lowest BCUT2D eigenvalue weighted by Gasteiger charge is -2.08. The molecule has 2 nitrogen and oxygen atoms in total. The predicted octanol–water partition coefficient (Wildman–Crippen LogP) is 4.94. The zero-order valence-electron chi connectivity index (χ0n) is 10.9. The largest absolute Gasteiger partial charge is 0.227 e. The molecule has 0 saturated carbocycles. The van der Waals surface area contributed by atoms with Crippen LogP contribution in [0.5, 0.6) is 0 Å². The van der Waals surface area contributed by atoms with Gasteiger partial charge in [-0.15, -0.1) is 11.3 Å². The van der Waals surface area contributed by atoms with E-state index in [2.05, 4.69) is 16.0 Å². The SMILES string of the molecule is Fc1cccc2nc(-c3cc4c(s3)CCSC4)nc(Cl)c12. The maximum Gasteiger partial charge on any atom is 0.171 e. The highest BCUT2D eigenvalue weighted by molar-refractivity contribution is 7.98. The average molecular weight is 337 g/mol. The van der Waals surface area contributed by atoms with Crippen molar-refractivity contribution in [2.75, 3.05) is 5.75 Å². The molecule has 0 bridgehead atoms. The standard InChI is InChI=1S/C15H10ClFN2S2/c16-14-13-9(17)2-1-3-10(13)18-15(19-14)12-6-8-7-20-5-4-11(8)21-12/h1-3,6H,4-5,7H2. The van der Waals surface area contributed by atoms with Gasteiger partial charge in [0.25, 0.3) is 0 Å². The van der Waals surface area contributed by atoms with Crippen LogP contribution in [0.2, 0.25) is 5.15 Å². The Labute approximate surface area is 134 Å². The van der Waals surface area contributed by atoms with Gasteiger partial charge in [-0.05, 0) is 35.9 Å². The van der Waals surface area contributed by atoms with Crippen molar-refractivity contribution < 1.29 is 4.39 Å². The molecule has 2 aromatic heterocycles. The molecule has 1 aliphatic rings. The lowest BCUT2D eigenvalue weighted by molar-refractivity contribution is 0.639. The second kappa shape index (κ2) is 5.23. The second-order valence-corrected chi connectivity index (χ2v) is 7.43. The first-order valence-corrected chi connectivity index (χ1v) is 8.89. The molecule has 3 heterocycles. The van der Waals surface area contributed by atoms with Crippen molar-refractivity contribution in [3.63, 3.8) is 0 Å². The van der Waals surface area contributed by atoms with E-state index < -0.39 is 0 Å². The smallest absolute Gasteiger partial charge is 0.171 e. The third kappa shape index (κ3) is 2.33. The van der Waals surface area contributed by atoms with Crippen LogP contribution in [-0.2, 0) is 12.2 Å². The van der Waals surface area contributed by atoms with E-state index in [-0.39, 0.29) is 11.0 Å². The fourth-order valence-corrected chi connectivity index (χ4v) is 5.04. The minimum atomic E-state index is -0.383. The summed E-state index contributed by atoms with van der Waals surface area (Å²) in [6.07, 6.45) is 1.10. The molecule has 0 saturated heterocycles. The van der Waals surface area contributed by atoms with E-state index in [9.17, 15) is 4.39 Å². The molecule has 106 valence electrons. The zero-order valence-corrected chi connectivity index (χ0v) is 13.3. The first-order chi connectivity index (χ1) is 10.2. The van der Waals surface area contributed by atoms with Gasteiger partial charge in [0.1, 0.15) is 11.0 Å². The fourth-order valence-electron chi connectivity index (χ4n) is 2.47. The number of rotatable bonds is 1. The molecule has 6 heteroatoms. The molecule has 0 fully saturated rings. The summed E-state index contributed by atoms with van der Waals surface area (Å²) < 4.78 is 13.8. The van der Waals surface area contributed by atoms with Gasteiger partial charge in [0.05, 0.1) is 15.8 Å². The molecule has 4 rings (SSSR count). The van der Waals surface area contributed by atoms with E-state index in [0.717, 1.165) is 22.8 Å². The van der Waals surface area contributed by atoms with Crippen LogP contribution in [0.1, 0.15) is 10.4 Å². The molecule has 3 aromatic rings. The number of thiophene rings is 1. The molecule has 0 radical (unpaired) electrons. The van der Waals surface area contributed by atoms with Crippen molar-refractivity contribution in [1.82, 2.24) is 9.97 Å². The minimum absolute atomic E-state index is 0.175. The van der Waals surface area contributed by atoms with Gasteiger partial charge in [-0.2, -0.15) is 11.8 Å². The zero-order chi connectivity index (χ0) is 14.4. The van der Waals surface area contributed by atoms with Gasteiger partial charge in [0.15, 0.2) is 5.82 Å². The molecular weight excluding hydrogens is 327 g/mol. The first kappa shape index (κ1) is 13.5. The Morgan fingerprint density at radius 2 is 2.14 bits per heavy atom. The van der Waals surface area contributed by atoms with E-state index in [4.69, 9.17) is 11.6 Å². The van der Waals surface area contributed by atoms with Gasteiger partial charge in [0, 0.05) is 10.6 Å². The number of fused-ring (bicyclic) bond motifs is 2. The van der Waals surface area contributed by atoms with Crippen molar-refractivity contribution in [2.45, 2.75) is 12.2 Å². The summed E-state index contributed by atoms with van der Waals surface area (Å²) in [5.74, 6) is 2.41. The number of halogens is 2. The quantitative estimate of drug-likeness (QED) is 0.589. The van der Waals surface area contributed by atoms with E-state index in [1.807, 2.05) is 11.8 Å². The Morgan fingerprint density at radius 1 is 1.24 bits per heavy atom. The highest BCUT2D eigenvalue weighted by Crippen LogP contribution is 2.37. The average Bonchev–Trinajstić information content (AvgIpc) is 2.91. The Hall–Kier alpha value is -1.17. The van der Waals surface area contributed by atoms with Crippen molar-refractivity contribution in [3.8, 4) is 10.7 Å². The van der Waals surface area contributed by atoms with Crippen molar-refractivity contribution >= 4 is 45.6 Å². The maximum absolute atomic E-state index is 13.8. The number of aryl methyl sites for hydroxylation is 1. The number of aromatic nitrogens is 2. The van der Waals surface area contributed by atoms with Crippen molar-refractivity contribution in [1.29, 1.82) is 0 Å². The lowest BCUT2D eigenvalue weighted by Crippen LogP contribution is -1.96. The number of nitrogens with zero attached hydrogens (tertiary/aromatic N) is 2. The van der Waals surface area contributed by atoms with Crippen LogP contribution in [0.25, 0.3) is 21.6 Å². The molecule has 1 aromatic carbocycles. The fraction of sp³-hybridized carbons (Fsp3) is 0.200. The summed E-state index contributed by atoms with van der Waals surface area (Å²) in [6, 6.07) is 6.92. The summed E-state index contributed by atoms with van der Waals surface area (Å²) in [5.41, 5.74) is 1.91. The molecule has 0 N–H and O–H groups in total. The van der Waals surface area contributed by atoms with Crippen LogP contribution in [0.15, 0.2) is 24.3 Å². The van der Waals surface area contributed by atoms with Gasteiger partial charge >= 0.3 is 0 Å². The summed E-state index contributed by atoms with van der Waals surface area (Å²) in [6.45, 7) is 0. The topological polar surface area (TPSA) is 25.8 Å². The van der Waals surface area contributed by atoms with Gasteiger partial charge < -0.3 is 0 Å². The molecule has 1 aliphatic heterocycles. The number of hydrogen-bond donors (Lipinski definition) is 0. The van der Waals surface area contributed by atoms with Crippen LogP contribution in [0.4, 0.5) is 4.39 Å². The van der Waals surface area contributed by atoms with Crippen LogP contribution in [0, 0.1) is 5.82 Å². The third-order valence-corrected chi connectivity index (χ3v) is 5.99. The third-order valence-electron chi connectivity index (χ3n) is 3.48. The molecule has 21 heavy (non-hydrogen) atoms. The van der Waals surface area contributed by atoms with Crippen molar-refractivity contribution in [2.24, 2.45) is 0 Å². The van der Waals surface area contributed by atoms with Gasteiger partial charge in [0.2, 0.25) is 0 Å². The van der Waals surface area contributed by atoms with Gasteiger partial charge in [-0.25, -0.2) is 14.4 Å². The van der Waals surface area contributed by atoms with Crippen LogP contribution in [0.3, 0.4) is 0 Å². The predicted molar refractivity (Wildman–Crippen MR) is 87.7 cm³/mol. The highest BCUT2D eigenvalue weighted by Gasteiger charge is 2.17. The molecule has 0 amide bonds. The second-order valence-electron chi connectivity index (χ2n) is 4.83. The number of hydrogen-bond acceptors (Lipinski definition) is 4. The molecule has 0 spiro atoms. The Morgan fingerprint density at radius 3 is 3.00 bits per heavy atom. The Balaban J connectivity index is 1.89. The van der Waals surface area contributed by atoms with Gasteiger partial charge in [-0.3, -0.25) is 0 Å². The van der Waals surface area contributed by atoms with E-state index in [0.29, 0.717) is 16.7 Å². The Bertz CT molecular complexity index is 824. The minimum Gasteiger partial charge on any atom is -0.227 e. The normalized spacial score (nSPS) is 14.4. The summed E-state index contributed by atoms with van der Waals surface area (Å²) in [7, 11) is 0. The first-order valence-electron chi connectivity index (χ1n) is 6.54. The highest BCUT2D eigenvalue weighted by atomic mass is 35.5. The molecule has 0 atom stereocenters. The van der Waals surface area contributed by atoms with E-state index >= 15 is 0 Å². The molecule has 0 unspecified atom stereocenters. The van der Waals surface area contributed by atoms with E-state index in [1.54, 1.807) is 23.5 Å². The van der Waals surface area contributed by atoms with Crippen LogP contribution >= 0.6 is 34.7 Å². The number of thioether (sulfide) groups is 1. The molecular formula is C15H10ClFN2S2. The van der Waals surface area contributed by atoms with E-state index in [1.165, 1.54) is 16.5 Å². The lowest BCUT2D eigenvalue weighted by atomic mass is 10.2. The van der Waals surface area contributed by atoms with Crippen LogP contribution < -0.4 is 0 Å². The summed E-state index contributed by atoms with van der Waals surface area (Å²) in [4.78, 5) is 11.2. The Kier molecular flexibility index (Phi) is 3.36. The summed E-state index contributed by atoms with van der Waals surface area (Å²) in [5, 5.41) is 0.466. The van der Waals surface area contributed by atoms with Gasteiger partial charge in [-0.1, -0.05) is 17.7 Å². The van der Waals surface area contributed by atoms with Crippen molar-refractivity contribution in [3.05, 3.63) is 45.7 Å².